The van der Waals surface area contributed by atoms with E-state index in [9.17, 15) is 4.79 Å². The van der Waals surface area contributed by atoms with Crippen molar-refractivity contribution >= 4 is 11.5 Å². The number of nitrogens with zero attached hydrogens (tertiary/aromatic N) is 1. The van der Waals surface area contributed by atoms with Gasteiger partial charge < -0.3 is 9.64 Å². The molecular weight excluding hydrogens is 214 g/mol. The molecule has 0 heterocycles. The first kappa shape index (κ1) is 13.6. The monoisotopic (exact) mass is 235 g/mol. The summed E-state index contributed by atoms with van der Waals surface area (Å²) in [4.78, 5) is 13.4. The Bertz CT molecular complexity index is 372. The van der Waals surface area contributed by atoms with Crippen LogP contribution in [0.3, 0.4) is 0 Å². The molecule has 0 spiro atoms. The maximum atomic E-state index is 11.1. The van der Waals surface area contributed by atoms with Crippen molar-refractivity contribution in [1.29, 1.82) is 0 Å². The van der Waals surface area contributed by atoms with Crippen molar-refractivity contribution in [2.24, 2.45) is 0 Å². The number of ether oxygens (including phenoxy) is 1. The lowest BCUT2D eigenvalue weighted by Gasteiger charge is -2.22. The SMILES string of the molecule is CCN(CC)c1cccc(O[C@@H](C)C(C)=O)c1. The van der Waals surface area contributed by atoms with Crippen LogP contribution in [-0.4, -0.2) is 25.0 Å². The third kappa shape index (κ3) is 3.77. The number of rotatable bonds is 6. The molecule has 94 valence electrons. The van der Waals surface area contributed by atoms with E-state index in [1.165, 1.54) is 0 Å². The van der Waals surface area contributed by atoms with Crippen LogP contribution in [0.25, 0.3) is 0 Å². The minimum Gasteiger partial charge on any atom is -0.483 e. The maximum Gasteiger partial charge on any atom is 0.169 e. The molecule has 0 radical (unpaired) electrons. The van der Waals surface area contributed by atoms with Gasteiger partial charge in [-0.15, -0.1) is 0 Å². The maximum absolute atomic E-state index is 11.1. The van der Waals surface area contributed by atoms with Crippen LogP contribution in [0, 0.1) is 0 Å². The molecular formula is C14H21NO2. The van der Waals surface area contributed by atoms with Crippen LogP contribution in [-0.2, 0) is 4.79 Å². The topological polar surface area (TPSA) is 29.5 Å². The van der Waals surface area contributed by atoms with Gasteiger partial charge >= 0.3 is 0 Å². The zero-order valence-electron chi connectivity index (χ0n) is 11.1. The van der Waals surface area contributed by atoms with Gasteiger partial charge in [0.05, 0.1) is 0 Å². The van der Waals surface area contributed by atoms with Crippen molar-refractivity contribution < 1.29 is 9.53 Å². The summed E-state index contributed by atoms with van der Waals surface area (Å²) in [6.07, 6.45) is -0.387. The molecule has 0 aliphatic rings. The highest BCUT2D eigenvalue weighted by atomic mass is 16.5. The highest BCUT2D eigenvalue weighted by Gasteiger charge is 2.10. The van der Waals surface area contributed by atoms with Crippen molar-refractivity contribution in [1.82, 2.24) is 0 Å². The number of hydrogen-bond donors (Lipinski definition) is 0. The summed E-state index contributed by atoms with van der Waals surface area (Å²) in [7, 11) is 0. The summed E-state index contributed by atoms with van der Waals surface area (Å²) in [5.41, 5.74) is 1.13. The summed E-state index contributed by atoms with van der Waals surface area (Å²) in [6, 6.07) is 7.87. The van der Waals surface area contributed by atoms with Crippen molar-refractivity contribution in [3.63, 3.8) is 0 Å². The molecule has 0 aromatic heterocycles. The van der Waals surface area contributed by atoms with E-state index >= 15 is 0 Å². The fraction of sp³-hybridized carbons (Fsp3) is 0.500. The summed E-state index contributed by atoms with van der Waals surface area (Å²) in [5.74, 6) is 0.787. The van der Waals surface area contributed by atoms with Gasteiger partial charge in [-0.05, 0) is 39.8 Å². The molecule has 0 bridgehead atoms. The van der Waals surface area contributed by atoms with E-state index in [4.69, 9.17) is 4.74 Å². The number of carbonyl (C=O) groups excluding carboxylic acids is 1. The lowest BCUT2D eigenvalue weighted by atomic mass is 10.2. The van der Waals surface area contributed by atoms with Gasteiger partial charge in [-0.1, -0.05) is 6.07 Å². The molecule has 0 N–H and O–H groups in total. The van der Waals surface area contributed by atoms with Crippen LogP contribution in [0.4, 0.5) is 5.69 Å². The molecule has 1 atom stereocenters. The van der Waals surface area contributed by atoms with E-state index < -0.39 is 0 Å². The third-order valence-electron chi connectivity index (χ3n) is 2.83. The Morgan fingerprint density at radius 3 is 2.53 bits per heavy atom. The van der Waals surface area contributed by atoms with Crippen molar-refractivity contribution in [3.8, 4) is 5.75 Å². The zero-order valence-corrected chi connectivity index (χ0v) is 11.1. The molecule has 3 nitrogen and oxygen atoms in total. The van der Waals surface area contributed by atoms with E-state index in [0.29, 0.717) is 0 Å². The van der Waals surface area contributed by atoms with Gasteiger partial charge in [-0.3, -0.25) is 4.79 Å². The van der Waals surface area contributed by atoms with Gasteiger partial charge in [0.15, 0.2) is 11.9 Å². The average molecular weight is 235 g/mol. The normalized spacial score (nSPS) is 12.0. The standard InChI is InChI=1S/C14H21NO2/c1-5-15(6-2)13-8-7-9-14(10-13)17-12(4)11(3)16/h7-10,12H,5-6H2,1-4H3/t12-/m0/s1. The number of benzene rings is 1. The number of carbonyl (C=O) groups is 1. The number of ketones is 1. The zero-order chi connectivity index (χ0) is 12.8. The summed E-state index contributed by atoms with van der Waals surface area (Å²) in [6.45, 7) is 9.47. The van der Waals surface area contributed by atoms with Crippen LogP contribution in [0.1, 0.15) is 27.7 Å². The average Bonchev–Trinajstić information content (AvgIpc) is 2.31. The van der Waals surface area contributed by atoms with Crippen LogP contribution < -0.4 is 9.64 Å². The molecule has 0 aliphatic carbocycles. The first-order valence-electron chi connectivity index (χ1n) is 6.10. The Kier molecular flexibility index (Phi) is 5.01. The predicted octanol–water partition coefficient (Wildman–Crippen LogP) is 2.89. The van der Waals surface area contributed by atoms with E-state index in [0.717, 1.165) is 24.5 Å². The predicted molar refractivity (Wildman–Crippen MR) is 70.8 cm³/mol. The summed E-state index contributed by atoms with van der Waals surface area (Å²) >= 11 is 0. The van der Waals surface area contributed by atoms with Crippen LogP contribution in [0.2, 0.25) is 0 Å². The van der Waals surface area contributed by atoms with Crippen molar-refractivity contribution in [3.05, 3.63) is 24.3 Å². The molecule has 1 rings (SSSR count). The Labute approximate surface area is 103 Å². The van der Waals surface area contributed by atoms with Gasteiger partial charge in [0.25, 0.3) is 0 Å². The van der Waals surface area contributed by atoms with Crippen LogP contribution in [0.5, 0.6) is 5.75 Å². The molecule has 1 aromatic rings. The Balaban J connectivity index is 2.82. The van der Waals surface area contributed by atoms with E-state index in [-0.39, 0.29) is 11.9 Å². The second-order valence-electron chi connectivity index (χ2n) is 4.04. The molecule has 1 aromatic carbocycles. The molecule has 0 saturated heterocycles. The fourth-order valence-electron chi connectivity index (χ4n) is 1.63. The minimum atomic E-state index is -0.387. The first-order chi connectivity index (χ1) is 8.08. The third-order valence-corrected chi connectivity index (χ3v) is 2.83. The first-order valence-corrected chi connectivity index (χ1v) is 6.10. The quantitative estimate of drug-likeness (QED) is 0.759. The number of anilines is 1. The minimum absolute atomic E-state index is 0.0400. The van der Waals surface area contributed by atoms with Crippen LogP contribution in [0.15, 0.2) is 24.3 Å². The summed E-state index contributed by atoms with van der Waals surface area (Å²) in [5, 5.41) is 0. The van der Waals surface area contributed by atoms with Gasteiger partial charge in [-0.2, -0.15) is 0 Å². The fourth-order valence-corrected chi connectivity index (χ4v) is 1.63. The van der Waals surface area contributed by atoms with Gasteiger partial charge in [0, 0.05) is 24.8 Å². The highest BCUT2D eigenvalue weighted by molar-refractivity contribution is 5.80. The second-order valence-corrected chi connectivity index (χ2v) is 4.04. The van der Waals surface area contributed by atoms with Crippen LogP contribution >= 0.6 is 0 Å². The van der Waals surface area contributed by atoms with E-state index in [1.807, 2.05) is 18.2 Å². The number of Topliss-reactive ketones (excluding diaryl/α,β-unsaturated/α-hetero) is 1. The second kappa shape index (κ2) is 6.28. The Morgan fingerprint density at radius 2 is 2.00 bits per heavy atom. The van der Waals surface area contributed by atoms with Gasteiger partial charge in [-0.25, -0.2) is 0 Å². The Morgan fingerprint density at radius 1 is 1.35 bits per heavy atom. The molecule has 3 heteroatoms. The van der Waals surface area contributed by atoms with Gasteiger partial charge in [0.1, 0.15) is 5.75 Å². The Hall–Kier alpha value is -1.51. The highest BCUT2D eigenvalue weighted by Crippen LogP contribution is 2.21. The summed E-state index contributed by atoms with van der Waals surface area (Å²) < 4.78 is 5.58. The van der Waals surface area contributed by atoms with Gasteiger partial charge in [0.2, 0.25) is 0 Å². The largest absolute Gasteiger partial charge is 0.483 e. The van der Waals surface area contributed by atoms with E-state index in [1.54, 1.807) is 13.8 Å². The lowest BCUT2D eigenvalue weighted by Crippen LogP contribution is -2.23. The molecule has 0 saturated carbocycles. The molecule has 0 amide bonds. The smallest absolute Gasteiger partial charge is 0.169 e. The lowest BCUT2D eigenvalue weighted by molar-refractivity contribution is -0.122. The molecule has 0 fully saturated rings. The van der Waals surface area contributed by atoms with Crippen molar-refractivity contribution in [2.75, 3.05) is 18.0 Å². The number of hydrogen-bond acceptors (Lipinski definition) is 3. The molecule has 0 unspecified atom stereocenters. The van der Waals surface area contributed by atoms with E-state index in [2.05, 4.69) is 24.8 Å². The van der Waals surface area contributed by atoms with Crippen molar-refractivity contribution in [2.45, 2.75) is 33.8 Å². The molecule has 0 aliphatic heterocycles. The molecule has 17 heavy (non-hydrogen) atoms.